The predicted octanol–water partition coefficient (Wildman–Crippen LogP) is 4.28. The monoisotopic (exact) mass is 257 g/mol. The molecule has 1 heterocycles. The first kappa shape index (κ1) is 13.8. The van der Waals surface area contributed by atoms with Gasteiger partial charge in [-0.15, -0.1) is 17.9 Å². The topological polar surface area (TPSA) is 12.0 Å². The Morgan fingerprint density at radius 3 is 2.75 bits per heavy atom. The molecule has 0 aliphatic rings. The van der Waals surface area contributed by atoms with Crippen molar-refractivity contribution >= 4 is 22.9 Å². The van der Waals surface area contributed by atoms with Gasteiger partial charge in [0.25, 0.3) is 0 Å². The lowest BCUT2D eigenvalue weighted by Gasteiger charge is -2.18. The number of hydrogen-bond donors (Lipinski definition) is 1. The Balaban J connectivity index is 2.24. The number of nitrogens with one attached hydrogen (secondary N) is 1. The molecule has 1 rings (SSSR count). The Bertz CT molecular complexity index is 321. The maximum Gasteiger partial charge on any atom is 0.0931 e. The SMILES string of the molecule is C=CCC(C)NC(C)CCc1ccc(Cl)s1. The summed E-state index contributed by atoms with van der Waals surface area (Å²) in [5, 5.41) is 3.56. The molecule has 0 spiro atoms. The molecule has 0 radical (unpaired) electrons. The Morgan fingerprint density at radius 1 is 1.44 bits per heavy atom. The molecular formula is C13H20ClNS. The summed E-state index contributed by atoms with van der Waals surface area (Å²) in [7, 11) is 0. The number of halogens is 1. The fourth-order valence-corrected chi connectivity index (χ4v) is 2.83. The van der Waals surface area contributed by atoms with Gasteiger partial charge in [-0.05, 0) is 45.2 Å². The lowest BCUT2D eigenvalue weighted by Crippen LogP contribution is -2.34. The van der Waals surface area contributed by atoms with Crippen LogP contribution >= 0.6 is 22.9 Å². The van der Waals surface area contributed by atoms with Crippen LogP contribution in [0.3, 0.4) is 0 Å². The van der Waals surface area contributed by atoms with Gasteiger partial charge >= 0.3 is 0 Å². The van der Waals surface area contributed by atoms with E-state index in [9.17, 15) is 0 Å². The van der Waals surface area contributed by atoms with Crippen LogP contribution in [0.25, 0.3) is 0 Å². The zero-order valence-electron chi connectivity index (χ0n) is 10.0. The molecule has 1 aromatic rings. The van der Waals surface area contributed by atoms with Crippen LogP contribution < -0.4 is 5.32 Å². The second-order valence-corrected chi connectivity index (χ2v) is 6.04. The molecule has 0 saturated heterocycles. The van der Waals surface area contributed by atoms with Crippen LogP contribution in [0.2, 0.25) is 4.34 Å². The smallest absolute Gasteiger partial charge is 0.0931 e. The van der Waals surface area contributed by atoms with E-state index in [-0.39, 0.29) is 0 Å². The molecule has 16 heavy (non-hydrogen) atoms. The van der Waals surface area contributed by atoms with E-state index in [4.69, 9.17) is 11.6 Å². The molecule has 0 amide bonds. The molecule has 1 nitrogen and oxygen atoms in total. The highest BCUT2D eigenvalue weighted by Crippen LogP contribution is 2.22. The van der Waals surface area contributed by atoms with Crippen molar-refractivity contribution in [1.29, 1.82) is 0 Å². The van der Waals surface area contributed by atoms with Gasteiger partial charge in [0.1, 0.15) is 0 Å². The minimum atomic E-state index is 0.513. The fraction of sp³-hybridized carbons (Fsp3) is 0.538. The van der Waals surface area contributed by atoms with Crippen LogP contribution in [0.5, 0.6) is 0 Å². The first-order chi connectivity index (χ1) is 7.61. The van der Waals surface area contributed by atoms with Crippen LogP contribution in [0, 0.1) is 0 Å². The maximum atomic E-state index is 5.89. The number of hydrogen-bond acceptors (Lipinski definition) is 2. The van der Waals surface area contributed by atoms with Crippen molar-refractivity contribution in [3.05, 3.63) is 34.0 Å². The van der Waals surface area contributed by atoms with E-state index in [1.165, 1.54) is 4.88 Å². The van der Waals surface area contributed by atoms with Crippen molar-refractivity contribution in [2.75, 3.05) is 0 Å². The number of rotatable bonds is 7. The van der Waals surface area contributed by atoms with E-state index >= 15 is 0 Å². The van der Waals surface area contributed by atoms with Crippen LogP contribution in [-0.2, 0) is 6.42 Å². The molecule has 3 heteroatoms. The zero-order chi connectivity index (χ0) is 12.0. The first-order valence-corrected chi connectivity index (χ1v) is 6.92. The second-order valence-electron chi connectivity index (χ2n) is 4.24. The third-order valence-electron chi connectivity index (χ3n) is 2.54. The van der Waals surface area contributed by atoms with E-state index in [1.54, 1.807) is 11.3 Å². The average Bonchev–Trinajstić information content (AvgIpc) is 2.61. The van der Waals surface area contributed by atoms with Crippen LogP contribution in [0.4, 0.5) is 0 Å². The predicted molar refractivity (Wildman–Crippen MR) is 74.5 cm³/mol. The molecular weight excluding hydrogens is 238 g/mol. The van der Waals surface area contributed by atoms with Gasteiger partial charge < -0.3 is 5.32 Å². The summed E-state index contributed by atoms with van der Waals surface area (Å²) in [5.74, 6) is 0. The highest BCUT2D eigenvalue weighted by atomic mass is 35.5. The Labute approximate surface area is 108 Å². The summed E-state index contributed by atoms with van der Waals surface area (Å²) >= 11 is 7.57. The Morgan fingerprint density at radius 2 is 2.19 bits per heavy atom. The van der Waals surface area contributed by atoms with E-state index in [0.29, 0.717) is 12.1 Å². The highest BCUT2D eigenvalue weighted by molar-refractivity contribution is 7.16. The molecule has 0 aromatic carbocycles. The normalized spacial score (nSPS) is 14.7. The van der Waals surface area contributed by atoms with Crippen molar-refractivity contribution in [2.24, 2.45) is 0 Å². The van der Waals surface area contributed by atoms with Gasteiger partial charge in [0, 0.05) is 17.0 Å². The Hall–Kier alpha value is -0.310. The largest absolute Gasteiger partial charge is 0.311 e. The Kier molecular flexibility index (Phi) is 6.10. The molecule has 0 aliphatic heterocycles. The minimum Gasteiger partial charge on any atom is -0.311 e. The summed E-state index contributed by atoms with van der Waals surface area (Å²) < 4.78 is 0.885. The minimum absolute atomic E-state index is 0.513. The van der Waals surface area contributed by atoms with E-state index in [2.05, 4.69) is 31.8 Å². The molecule has 0 saturated carbocycles. The maximum absolute atomic E-state index is 5.89. The molecule has 2 atom stereocenters. The van der Waals surface area contributed by atoms with Crippen LogP contribution in [-0.4, -0.2) is 12.1 Å². The lowest BCUT2D eigenvalue weighted by molar-refractivity contribution is 0.449. The van der Waals surface area contributed by atoms with Gasteiger partial charge in [0.05, 0.1) is 4.34 Å². The van der Waals surface area contributed by atoms with Gasteiger partial charge in [-0.1, -0.05) is 17.7 Å². The zero-order valence-corrected chi connectivity index (χ0v) is 11.6. The third-order valence-corrected chi connectivity index (χ3v) is 3.83. The van der Waals surface area contributed by atoms with E-state index < -0.39 is 0 Å². The average molecular weight is 258 g/mol. The van der Waals surface area contributed by atoms with Gasteiger partial charge in [0.15, 0.2) is 0 Å². The van der Waals surface area contributed by atoms with Crippen molar-refractivity contribution in [1.82, 2.24) is 5.32 Å². The fourth-order valence-electron chi connectivity index (χ4n) is 1.73. The quantitative estimate of drug-likeness (QED) is 0.719. The van der Waals surface area contributed by atoms with Gasteiger partial charge in [-0.2, -0.15) is 0 Å². The highest BCUT2D eigenvalue weighted by Gasteiger charge is 2.07. The molecule has 0 fully saturated rings. The molecule has 1 aromatic heterocycles. The molecule has 0 aliphatic carbocycles. The standard InChI is InChI=1S/C13H20ClNS/c1-4-5-10(2)15-11(3)6-7-12-8-9-13(14)16-12/h4,8-11,15H,1,5-7H2,2-3H3. The third kappa shape index (κ3) is 5.15. The van der Waals surface area contributed by atoms with Crippen LogP contribution in [0.15, 0.2) is 24.8 Å². The van der Waals surface area contributed by atoms with Gasteiger partial charge in [-0.3, -0.25) is 0 Å². The van der Waals surface area contributed by atoms with Crippen molar-refractivity contribution in [3.63, 3.8) is 0 Å². The molecule has 2 unspecified atom stereocenters. The van der Waals surface area contributed by atoms with Crippen molar-refractivity contribution in [3.8, 4) is 0 Å². The summed E-state index contributed by atoms with van der Waals surface area (Å²) in [4.78, 5) is 1.37. The van der Waals surface area contributed by atoms with Gasteiger partial charge in [0.2, 0.25) is 0 Å². The van der Waals surface area contributed by atoms with Gasteiger partial charge in [-0.25, -0.2) is 0 Å². The van der Waals surface area contributed by atoms with E-state index in [0.717, 1.165) is 23.6 Å². The number of aryl methyl sites for hydroxylation is 1. The van der Waals surface area contributed by atoms with Crippen molar-refractivity contribution < 1.29 is 0 Å². The first-order valence-electron chi connectivity index (χ1n) is 5.73. The summed E-state index contributed by atoms with van der Waals surface area (Å²) in [6, 6.07) is 5.14. The molecule has 90 valence electrons. The number of thiophene rings is 1. The molecule has 0 bridgehead atoms. The van der Waals surface area contributed by atoms with E-state index in [1.807, 2.05) is 12.1 Å². The second kappa shape index (κ2) is 7.10. The molecule has 1 N–H and O–H groups in total. The summed E-state index contributed by atoms with van der Waals surface area (Å²) in [6.07, 6.45) is 5.24. The van der Waals surface area contributed by atoms with Crippen molar-refractivity contribution in [2.45, 2.75) is 45.2 Å². The lowest BCUT2D eigenvalue weighted by atomic mass is 10.1. The van der Waals surface area contributed by atoms with Crippen LogP contribution in [0.1, 0.15) is 31.6 Å². The summed E-state index contributed by atoms with van der Waals surface area (Å²) in [6.45, 7) is 8.18. The summed E-state index contributed by atoms with van der Waals surface area (Å²) in [5.41, 5.74) is 0.